The second-order valence-corrected chi connectivity index (χ2v) is 5.42. The molecule has 1 amide bonds. The minimum absolute atomic E-state index is 0.0419. The maximum atomic E-state index is 12.8. The SMILES string of the molecule is CSCC(CCO)NC(=O)/C=C(/C)c1ccc(F)cc1. The molecule has 1 atom stereocenters. The van der Waals surface area contributed by atoms with Crippen LogP contribution in [0.25, 0.3) is 5.57 Å². The molecule has 3 nitrogen and oxygen atoms in total. The van der Waals surface area contributed by atoms with Gasteiger partial charge in [-0.1, -0.05) is 12.1 Å². The van der Waals surface area contributed by atoms with Gasteiger partial charge in [0.25, 0.3) is 0 Å². The zero-order valence-corrected chi connectivity index (χ0v) is 12.5. The minimum Gasteiger partial charge on any atom is -0.396 e. The highest BCUT2D eigenvalue weighted by atomic mass is 32.2. The molecular formula is C15H20FNO2S. The second kappa shape index (κ2) is 8.76. The lowest BCUT2D eigenvalue weighted by atomic mass is 10.1. The van der Waals surface area contributed by atoms with Crippen molar-refractivity contribution < 1.29 is 14.3 Å². The number of hydrogen-bond acceptors (Lipinski definition) is 3. The highest BCUT2D eigenvalue weighted by Gasteiger charge is 2.10. The summed E-state index contributed by atoms with van der Waals surface area (Å²) in [6.07, 6.45) is 3.99. The summed E-state index contributed by atoms with van der Waals surface area (Å²) in [5.41, 5.74) is 1.58. The molecule has 1 aromatic carbocycles. The van der Waals surface area contributed by atoms with Crippen LogP contribution in [0.5, 0.6) is 0 Å². The summed E-state index contributed by atoms with van der Waals surface area (Å²) in [7, 11) is 0. The molecule has 0 heterocycles. The van der Waals surface area contributed by atoms with Gasteiger partial charge in [-0.05, 0) is 42.9 Å². The standard InChI is InChI=1S/C15H20FNO2S/c1-11(12-3-5-13(16)6-4-12)9-15(19)17-14(7-8-18)10-20-2/h3-6,9,14,18H,7-8,10H2,1-2H3,(H,17,19)/b11-9-. The van der Waals surface area contributed by atoms with E-state index in [1.165, 1.54) is 18.2 Å². The molecular weight excluding hydrogens is 277 g/mol. The minimum atomic E-state index is -0.297. The van der Waals surface area contributed by atoms with Crippen LogP contribution in [0.1, 0.15) is 18.9 Å². The Labute approximate surface area is 123 Å². The zero-order valence-electron chi connectivity index (χ0n) is 11.7. The van der Waals surface area contributed by atoms with Crippen molar-refractivity contribution in [3.8, 4) is 0 Å². The molecule has 2 N–H and O–H groups in total. The number of carbonyl (C=O) groups is 1. The predicted molar refractivity (Wildman–Crippen MR) is 82.1 cm³/mol. The number of nitrogens with one attached hydrogen (secondary N) is 1. The Morgan fingerprint density at radius 3 is 2.65 bits per heavy atom. The molecule has 110 valence electrons. The van der Waals surface area contributed by atoms with E-state index < -0.39 is 0 Å². The Kier molecular flexibility index (Phi) is 7.33. The summed E-state index contributed by atoms with van der Waals surface area (Å²) in [5, 5.41) is 11.8. The molecule has 1 aromatic rings. The summed E-state index contributed by atoms with van der Waals surface area (Å²) in [4.78, 5) is 11.9. The second-order valence-electron chi connectivity index (χ2n) is 4.51. The summed E-state index contributed by atoms with van der Waals surface area (Å²) >= 11 is 1.62. The van der Waals surface area contributed by atoms with E-state index in [4.69, 9.17) is 5.11 Å². The molecule has 0 saturated heterocycles. The van der Waals surface area contributed by atoms with Crippen molar-refractivity contribution in [1.29, 1.82) is 0 Å². The molecule has 0 aliphatic heterocycles. The van der Waals surface area contributed by atoms with E-state index in [1.54, 1.807) is 23.9 Å². The molecule has 0 spiro atoms. The van der Waals surface area contributed by atoms with Crippen LogP contribution in [0, 0.1) is 5.82 Å². The van der Waals surface area contributed by atoms with Gasteiger partial charge in [0.05, 0.1) is 0 Å². The number of aliphatic hydroxyl groups excluding tert-OH is 1. The van der Waals surface area contributed by atoms with Gasteiger partial charge < -0.3 is 10.4 Å². The molecule has 1 rings (SSSR count). The van der Waals surface area contributed by atoms with Gasteiger partial charge in [0.1, 0.15) is 5.82 Å². The fourth-order valence-corrected chi connectivity index (χ4v) is 2.44. The average Bonchev–Trinajstić information content (AvgIpc) is 2.39. The highest BCUT2D eigenvalue weighted by Crippen LogP contribution is 2.14. The molecule has 20 heavy (non-hydrogen) atoms. The van der Waals surface area contributed by atoms with Crippen molar-refractivity contribution in [2.24, 2.45) is 0 Å². The van der Waals surface area contributed by atoms with Gasteiger partial charge in [0.15, 0.2) is 0 Å². The lowest BCUT2D eigenvalue weighted by molar-refractivity contribution is -0.117. The number of amides is 1. The first-order valence-corrected chi connectivity index (χ1v) is 7.80. The van der Waals surface area contributed by atoms with E-state index in [0.717, 1.165) is 16.9 Å². The number of halogens is 1. The first-order valence-electron chi connectivity index (χ1n) is 6.41. The van der Waals surface area contributed by atoms with Crippen LogP contribution < -0.4 is 5.32 Å². The summed E-state index contributed by atoms with van der Waals surface area (Å²) in [6, 6.07) is 5.97. The summed E-state index contributed by atoms with van der Waals surface area (Å²) in [6.45, 7) is 1.86. The first kappa shape index (κ1) is 16.7. The third-order valence-corrected chi connectivity index (χ3v) is 3.57. The van der Waals surface area contributed by atoms with Gasteiger partial charge in [-0.2, -0.15) is 11.8 Å². The fourth-order valence-electron chi connectivity index (χ4n) is 1.79. The maximum absolute atomic E-state index is 12.8. The van der Waals surface area contributed by atoms with Crippen molar-refractivity contribution in [2.75, 3.05) is 18.6 Å². The van der Waals surface area contributed by atoms with Crippen molar-refractivity contribution in [1.82, 2.24) is 5.32 Å². The van der Waals surface area contributed by atoms with Crippen LogP contribution >= 0.6 is 11.8 Å². The van der Waals surface area contributed by atoms with Crippen molar-refractivity contribution in [2.45, 2.75) is 19.4 Å². The lowest BCUT2D eigenvalue weighted by Gasteiger charge is -2.15. The van der Waals surface area contributed by atoms with Crippen molar-refractivity contribution >= 4 is 23.2 Å². The normalized spacial score (nSPS) is 13.1. The Hall–Kier alpha value is -1.33. The molecule has 0 fully saturated rings. The molecule has 0 saturated carbocycles. The van der Waals surface area contributed by atoms with Gasteiger partial charge >= 0.3 is 0 Å². The molecule has 0 aliphatic carbocycles. The fraction of sp³-hybridized carbons (Fsp3) is 0.400. The van der Waals surface area contributed by atoms with E-state index in [9.17, 15) is 9.18 Å². The first-order chi connectivity index (χ1) is 9.56. The Morgan fingerprint density at radius 1 is 1.45 bits per heavy atom. The number of benzene rings is 1. The monoisotopic (exact) mass is 297 g/mol. The van der Waals surface area contributed by atoms with Gasteiger partial charge in [0.2, 0.25) is 5.91 Å². The van der Waals surface area contributed by atoms with Gasteiger partial charge in [0, 0.05) is 24.5 Å². The molecule has 0 radical (unpaired) electrons. The van der Waals surface area contributed by atoms with E-state index >= 15 is 0 Å². The third-order valence-electron chi connectivity index (χ3n) is 2.84. The van der Waals surface area contributed by atoms with Gasteiger partial charge in [-0.15, -0.1) is 0 Å². The highest BCUT2D eigenvalue weighted by molar-refractivity contribution is 7.98. The lowest BCUT2D eigenvalue weighted by Crippen LogP contribution is -2.36. The van der Waals surface area contributed by atoms with Crippen LogP contribution in [0.4, 0.5) is 4.39 Å². The zero-order chi connectivity index (χ0) is 15.0. The number of carbonyl (C=O) groups excluding carboxylic acids is 1. The molecule has 5 heteroatoms. The van der Waals surface area contributed by atoms with Crippen molar-refractivity contribution in [3.05, 3.63) is 41.7 Å². The number of hydrogen-bond donors (Lipinski definition) is 2. The predicted octanol–water partition coefficient (Wildman–Crippen LogP) is 2.46. The average molecular weight is 297 g/mol. The molecule has 1 unspecified atom stereocenters. The van der Waals surface area contributed by atoms with E-state index in [1.807, 2.05) is 13.2 Å². The van der Waals surface area contributed by atoms with E-state index in [2.05, 4.69) is 5.32 Å². The van der Waals surface area contributed by atoms with Crippen LogP contribution in [-0.4, -0.2) is 35.7 Å². The largest absolute Gasteiger partial charge is 0.396 e. The number of aliphatic hydroxyl groups is 1. The van der Waals surface area contributed by atoms with E-state index in [0.29, 0.717) is 6.42 Å². The van der Waals surface area contributed by atoms with Crippen LogP contribution in [0.15, 0.2) is 30.3 Å². The van der Waals surface area contributed by atoms with Gasteiger partial charge in [-0.25, -0.2) is 4.39 Å². The Balaban J connectivity index is 2.66. The molecule has 0 aromatic heterocycles. The van der Waals surface area contributed by atoms with Crippen LogP contribution in [0.2, 0.25) is 0 Å². The maximum Gasteiger partial charge on any atom is 0.244 e. The van der Waals surface area contributed by atoms with Crippen LogP contribution in [-0.2, 0) is 4.79 Å². The van der Waals surface area contributed by atoms with Crippen LogP contribution in [0.3, 0.4) is 0 Å². The summed E-state index contributed by atoms with van der Waals surface area (Å²) < 4.78 is 12.8. The van der Waals surface area contributed by atoms with Crippen molar-refractivity contribution in [3.63, 3.8) is 0 Å². The number of rotatable bonds is 7. The summed E-state index contributed by atoms with van der Waals surface area (Å²) in [5.74, 6) is 0.267. The third kappa shape index (κ3) is 5.75. The smallest absolute Gasteiger partial charge is 0.244 e. The number of thioether (sulfide) groups is 1. The van der Waals surface area contributed by atoms with E-state index in [-0.39, 0.29) is 24.4 Å². The Morgan fingerprint density at radius 2 is 2.10 bits per heavy atom. The quantitative estimate of drug-likeness (QED) is 0.760. The molecule has 0 aliphatic rings. The Bertz CT molecular complexity index is 453. The topological polar surface area (TPSA) is 49.3 Å². The molecule has 0 bridgehead atoms. The van der Waals surface area contributed by atoms with Gasteiger partial charge in [-0.3, -0.25) is 4.79 Å². The number of allylic oxidation sites excluding steroid dienone is 1.